The largest absolute Gasteiger partial charge is 0.481 e. The van der Waals surface area contributed by atoms with Crippen LogP contribution in [0.3, 0.4) is 0 Å². The lowest BCUT2D eigenvalue weighted by Crippen LogP contribution is -2.36. The lowest BCUT2D eigenvalue weighted by Gasteiger charge is -2.19. The number of carbonyl (C=O) groups is 1. The molecule has 0 saturated carbocycles. The van der Waals surface area contributed by atoms with Crippen molar-refractivity contribution in [3.8, 4) is 5.75 Å². The van der Waals surface area contributed by atoms with Gasteiger partial charge in [0.1, 0.15) is 5.75 Å². The minimum atomic E-state index is -0.547. The van der Waals surface area contributed by atoms with Crippen LogP contribution in [0.5, 0.6) is 5.75 Å². The Morgan fingerprint density at radius 3 is 2.71 bits per heavy atom. The van der Waals surface area contributed by atoms with E-state index in [1.807, 2.05) is 30.3 Å². The summed E-state index contributed by atoms with van der Waals surface area (Å²) >= 11 is 6.10. The Bertz CT molecular complexity index is 729. The number of nitrogens with one attached hydrogen (secondary N) is 1. The van der Waals surface area contributed by atoms with E-state index in [0.29, 0.717) is 11.6 Å². The number of amides is 1. The normalized spacial score (nSPS) is 14.6. The smallest absolute Gasteiger partial charge is 0.261 e. The molecule has 0 aromatic heterocycles. The fourth-order valence-corrected chi connectivity index (χ4v) is 3.21. The maximum atomic E-state index is 12.2. The Morgan fingerprint density at radius 1 is 1.17 bits per heavy atom. The third-order valence-corrected chi connectivity index (χ3v) is 4.78. The predicted octanol–water partition coefficient (Wildman–Crippen LogP) is 4.30. The number of hydrogen-bond acceptors (Lipinski definition) is 2. The van der Waals surface area contributed by atoms with Crippen molar-refractivity contribution in [2.24, 2.45) is 0 Å². The van der Waals surface area contributed by atoms with Crippen LogP contribution in [-0.4, -0.2) is 12.0 Å². The zero-order valence-electron chi connectivity index (χ0n) is 13.8. The average Bonchev–Trinajstić information content (AvgIpc) is 2.60. The zero-order valence-corrected chi connectivity index (χ0v) is 14.6. The van der Waals surface area contributed by atoms with Crippen molar-refractivity contribution >= 4 is 17.5 Å². The van der Waals surface area contributed by atoms with Gasteiger partial charge in [0.15, 0.2) is 6.10 Å². The van der Waals surface area contributed by atoms with E-state index in [1.54, 1.807) is 6.92 Å². The van der Waals surface area contributed by atoms with Crippen molar-refractivity contribution in [2.75, 3.05) is 0 Å². The number of halogens is 1. The number of fused-ring (bicyclic) bond motifs is 1. The molecule has 3 nitrogen and oxygen atoms in total. The third-order valence-electron chi connectivity index (χ3n) is 4.41. The van der Waals surface area contributed by atoms with Crippen LogP contribution in [0.25, 0.3) is 0 Å². The number of hydrogen-bond donors (Lipinski definition) is 1. The quantitative estimate of drug-likeness (QED) is 0.878. The molecule has 0 saturated heterocycles. The molecule has 4 heteroatoms. The summed E-state index contributed by atoms with van der Waals surface area (Å²) in [6.07, 6.45) is 4.18. The van der Waals surface area contributed by atoms with Gasteiger partial charge in [-0.3, -0.25) is 4.79 Å². The highest BCUT2D eigenvalue weighted by molar-refractivity contribution is 6.31. The van der Waals surface area contributed by atoms with Gasteiger partial charge in [0.25, 0.3) is 5.91 Å². The molecule has 1 atom stereocenters. The number of rotatable bonds is 5. The van der Waals surface area contributed by atoms with Crippen LogP contribution in [0, 0.1) is 0 Å². The second kappa shape index (κ2) is 7.71. The first kappa shape index (κ1) is 16.8. The van der Waals surface area contributed by atoms with Gasteiger partial charge in [-0.15, -0.1) is 0 Å². The minimum Gasteiger partial charge on any atom is -0.481 e. The molecule has 24 heavy (non-hydrogen) atoms. The summed E-state index contributed by atoms with van der Waals surface area (Å²) in [4.78, 5) is 12.2. The van der Waals surface area contributed by atoms with Crippen LogP contribution in [0.1, 0.15) is 36.5 Å². The standard InChI is InChI=1S/C20H22ClNO2/c1-14(20(23)22-13-17-8-4-5-9-19(17)21)24-18-11-10-15-6-2-3-7-16(15)12-18/h4-5,8-12,14H,2-3,6-7,13H2,1H3,(H,22,23)/t14-/m1/s1. The molecule has 0 heterocycles. The molecule has 1 amide bonds. The Hall–Kier alpha value is -2.00. The molecule has 0 bridgehead atoms. The van der Waals surface area contributed by atoms with E-state index in [9.17, 15) is 4.79 Å². The number of carbonyl (C=O) groups excluding carboxylic acids is 1. The highest BCUT2D eigenvalue weighted by Gasteiger charge is 2.16. The van der Waals surface area contributed by atoms with Crippen molar-refractivity contribution in [1.29, 1.82) is 0 Å². The molecule has 0 fully saturated rings. The highest BCUT2D eigenvalue weighted by Crippen LogP contribution is 2.25. The Kier molecular flexibility index (Phi) is 5.41. The first-order valence-corrected chi connectivity index (χ1v) is 8.81. The van der Waals surface area contributed by atoms with Crippen LogP contribution in [0.4, 0.5) is 0 Å². The van der Waals surface area contributed by atoms with Gasteiger partial charge in [-0.25, -0.2) is 0 Å². The molecular formula is C20H22ClNO2. The summed E-state index contributed by atoms with van der Waals surface area (Å²) in [5.74, 6) is 0.615. The van der Waals surface area contributed by atoms with Gasteiger partial charge in [-0.05, 0) is 67.5 Å². The van der Waals surface area contributed by atoms with Gasteiger partial charge in [0.2, 0.25) is 0 Å². The predicted molar refractivity (Wildman–Crippen MR) is 96.5 cm³/mol. The van der Waals surface area contributed by atoms with Crippen molar-refractivity contribution < 1.29 is 9.53 Å². The Morgan fingerprint density at radius 2 is 1.92 bits per heavy atom. The minimum absolute atomic E-state index is 0.146. The number of benzene rings is 2. The monoisotopic (exact) mass is 343 g/mol. The second-order valence-electron chi connectivity index (χ2n) is 6.21. The molecule has 2 aromatic rings. The summed E-state index contributed by atoms with van der Waals surface area (Å²) in [6.45, 7) is 2.16. The van der Waals surface area contributed by atoms with Gasteiger partial charge in [-0.1, -0.05) is 35.9 Å². The highest BCUT2D eigenvalue weighted by atomic mass is 35.5. The SMILES string of the molecule is C[C@@H](Oc1ccc2c(c1)CCCC2)C(=O)NCc1ccccc1Cl. The molecule has 2 aromatic carbocycles. The zero-order chi connectivity index (χ0) is 16.9. The topological polar surface area (TPSA) is 38.3 Å². The molecule has 1 N–H and O–H groups in total. The van der Waals surface area contributed by atoms with Crippen LogP contribution in [-0.2, 0) is 24.2 Å². The van der Waals surface area contributed by atoms with E-state index < -0.39 is 6.10 Å². The van der Waals surface area contributed by atoms with E-state index >= 15 is 0 Å². The van der Waals surface area contributed by atoms with Crippen LogP contribution >= 0.6 is 11.6 Å². The molecule has 1 aliphatic rings. The van der Waals surface area contributed by atoms with E-state index in [0.717, 1.165) is 24.2 Å². The number of aryl methyl sites for hydroxylation is 2. The van der Waals surface area contributed by atoms with Gasteiger partial charge >= 0.3 is 0 Å². The number of ether oxygens (including phenoxy) is 1. The van der Waals surface area contributed by atoms with E-state index in [4.69, 9.17) is 16.3 Å². The lowest BCUT2D eigenvalue weighted by molar-refractivity contribution is -0.127. The van der Waals surface area contributed by atoms with Gasteiger partial charge < -0.3 is 10.1 Å². The lowest BCUT2D eigenvalue weighted by atomic mass is 9.92. The summed E-state index contributed by atoms with van der Waals surface area (Å²) in [6, 6.07) is 13.6. The van der Waals surface area contributed by atoms with E-state index in [1.165, 1.54) is 24.0 Å². The van der Waals surface area contributed by atoms with Crippen LogP contribution in [0.15, 0.2) is 42.5 Å². The summed E-state index contributed by atoms with van der Waals surface area (Å²) in [5.41, 5.74) is 3.65. The maximum absolute atomic E-state index is 12.2. The second-order valence-corrected chi connectivity index (χ2v) is 6.61. The van der Waals surface area contributed by atoms with Crippen molar-refractivity contribution in [3.05, 3.63) is 64.2 Å². The first-order valence-electron chi connectivity index (χ1n) is 8.43. The van der Waals surface area contributed by atoms with Crippen molar-refractivity contribution in [1.82, 2.24) is 5.32 Å². The summed E-state index contributed by atoms with van der Waals surface area (Å²) in [5, 5.41) is 3.53. The average molecular weight is 344 g/mol. The molecule has 0 aliphatic heterocycles. The van der Waals surface area contributed by atoms with Crippen LogP contribution < -0.4 is 10.1 Å². The molecule has 1 aliphatic carbocycles. The maximum Gasteiger partial charge on any atom is 0.261 e. The molecule has 3 rings (SSSR count). The van der Waals surface area contributed by atoms with Gasteiger partial charge in [0.05, 0.1) is 0 Å². The molecular weight excluding hydrogens is 322 g/mol. The first-order chi connectivity index (χ1) is 11.6. The Balaban J connectivity index is 1.57. The van der Waals surface area contributed by atoms with Gasteiger partial charge in [0, 0.05) is 11.6 Å². The molecule has 0 spiro atoms. The third kappa shape index (κ3) is 4.09. The molecule has 0 unspecified atom stereocenters. The van der Waals surface area contributed by atoms with Gasteiger partial charge in [-0.2, -0.15) is 0 Å². The fraction of sp³-hybridized carbons (Fsp3) is 0.350. The summed E-state index contributed by atoms with van der Waals surface area (Å²) < 4.78 is 5.82. The fourth-order valence-electron chi connectivity index (χ4n) is 3.01. The molecule has 126 valence electrons. The summed E-state index contributed by atoms with van der Waals surface area (Å²) in [7, 11) is 0. The van der Waals surface area contributed by atoms with E-state index in [-0.39, 0.29) is 5.91 Å². The van der Waals surface area contributed by atoms with Crippen LogP contribution in [0.2, 0.25) is 5.02 Å². The van der Waals surface area contributed by atoms with Crippen molar-refractivity contribution in [3.63, 3.8) is 0 Å². The molecule has 0 radical (unpaired) electrons. The van der Waals surface area contributed by atoms with E-state index in [2.05, 4.69) is 17.4 Å². The Labute approximate surface area is 148 Å². The van der Waals surface area contributed by atoms with Crippen molar-refractivity contribution in [2.45, 2.75) is 45.3 Å².